The summed E-state index contributed by atoms with van der Waals surface area (Å²) in [4.78, 5) is 74.9. The first-order chi connectivity index (χ1) is 51.0. The number of hydrogen-bond donors (Lipinski definition) is 3. The molecule has 0 aromatic heterocycles. The predicted molar refractivity (Wildman–Crippen MR) is 421 cm³/mol. The standard InChI is InChI=1S/C46H68N2O8.C19H29NO3.C8H12Cl2O2.C8H14O4.Cl2OS/c1-29(2)19-33-27-47-17-15-31-21-41(51-5)43(53-7)23-35(31)37(47)25-39(33)55-45(49)13-11-9-10-12-14-46(50)56-40-26-38-36-24-44(54-8)42(52-6)22-32(36)16-18-48(38)28-34(40)20-30(3)4;1-12(2)7-14-11-20-6-5-13-8-18(22-3)19(23-4)9-15(13)16(20)10-17(14)21;9-7(11)5-3-1-2-4-6-8(10)12;9-7(10)5-3-1-2-4-6-8(11)12;1-4(2)3/h21-24,29-30,33-34,37-40H,9-20,25-28H2,1-8H3;8-9,12,14,16-17,21H,5-7,10-11H2,1-4H3;1-6H2;1-6H2,(H,9,10)(H,11,12);/t33-,34-,37-,38-,39-,40-;14-,16-,17-;;;/m11.../s1. The van der Waals surface area contributed by atoms with Gasteiger partial charge in [-0.1, -0.05) is 80.1 Å². The number of fused-ring (bicyclic) bond motifs is 9. The lowest BCUT2D eigenvalue weighted by molar-refractivity contribution is -0.159. The van der Waals surface area contributed by atoms with Crippen LogP contribution in [-0.2, 0) is 66.7 Å². The summed E-state index contributed by atoms with van der Waals surface area (Å²) in [5.41, 5.74) is 7.74. The number of esters is 2. The van der Waals surface area contributed by atoms with Crippen LogP contribution >= 0.6 is 44.6 Å². The first-order valence-electron chi connectivity index (χ1n) is 38.6. The zero-order valence-corrected chi connectivity index (χ0v) is 69.3. The lowest BCUT2D eigenvalue weighted by Gasteiger charge is -2.47. The summed E-state index contributed by atoms with van der Waals surface area (Å²) in [6, 6.07) is 13.4. The Hall–Kier alpha value is -5.17. The molecule has 3 N–H and O–H groups in total. The smallest absolute Gasteiger partial charge is 0.306 e. The molecule has 0 amide bonds. The fourth-order valence-electron chi connectivity index (χ4n) is 16.2. The van der Waals surface area contributed by atoms with Crippen LogP contribution in [0.5, 0.6) is 34.5 Å². The lowest BCUT2D eigenvalue weighted by Crippen LogP contribution is -2.49. The number of halogens is 4. The van der Waals surface area contributed by atoms with E-state index in [1.165, 1.54) is 33.4 Å². The van der Waals surface area contributed by atoms with Crippen LogP contribution in [0.1, 0.15) is 247 Å². The van der Waals surface area contributed by atoms with Crippen LogP contribution in [-0.4, -0.2) is 169 Å². The van der Waals surface area contributed by atoms with Crippen LogP contribution < -0.4 is 28.4 Å². The van der Waals surface area contributed by atoms with E-state index in [4.69, 9.17) is 75.5 Å². The number of carbonyl (C=O) groups is 6. The molecule has 0 radical (unpaired) electrons. The van der Waals surface area contributed by atoms with Crippen LogP contribution in [0.25, 0.3) is 0 Å². The number of benzene rings is 3. The molecule has 0 bridgehead atoms. The molecule has 3 saturated heterocycles. The molecule has 3 aromatic rings. The molecule has 21 nitrogen and oxygen atoms in total. The van der Waals surface area contributed by atoms with Gasteiger partial charge in [0.05, 0.1) is 48.8 Å². The van der Waals surface area contributed by atoms with Crippen LogP contribution in [0.4, 0.5) is 0 Å². The van der Waals surface area contributed by atoms with Crippen molar-refractivity contribution in [2.24, 2.45) is 35.5 Å². The number of aliphatic carboxylic acids is 2. The number of aliphatic hydroxyl groups excluding tert-OH is 1. The maximum atomic E-state index is 13.3. The zero-order valence-electron chi connectivity index (χ0n) is 65.5. The summed E-state index contributed by atoms with van der Waals surface area (Å²) in [6.45, 7) is 19.4. The Balaban J connectivity index is 0.000000325. The number of carboxylic acids is 2. The Morgan fingerprint density at radius 2 is 0.682 bits per heavy atom. The number of carboxylic acid groups (broad SMARTS) is 2. The van der Waals surface area contributed by atoms with Gasteiger partial charge in [0.1, 0.15) is 12.2 Å². The van der Waals surface area contributed by atoms with Crippen LogP contribution in [0.3, 0.4) is 0 Å². The molecule has 3 fully saturated rings. The number of nitrogens with zero attached hydrogens (tertiary/aromatic N) is 3. The van der Waals surface area contributed by atoms with Gasteiger partial charge >= 0.3 is 23.9 Å². The van der Waals surface area contributed by atoms with Crippen molar-refractivity contribution in [1.29, 1.82) is 0 Å². The summed E-state index contributed by atoms with van der Waals surface area (Å²) in [5.74, 6) is 5.52. The summed E-state index contributed by atoms with van der Waals surface area (Å²) in [6.07, 6.45) is 19.8. The molecule has 9 rings (SSSR count). The minimum atomic E-state index is -1.67. The minimum absolute atomic E-state index is 0.108. The van der Waals surface area contributed by atoms with Crippen molar-refractivity contribution >= 4 is 88.2 Å². The zero-order chi connectivity index (χ0) is 78.9. The number of piperidine rings is 3. The first-order valence-corrected chi connectivity index (χ1v) is 42.2. The molecule has 26 heteroatoms. The fraction of sp³-hybridized carbons (Fsp3) is 0.704. The molecule has 0 spiro atoms. The van der Waals surface area contributed by atoms with Crippen molar-refractivity contribution in [2.75, 3.05) is 81.9 Å². The SMILES string of the molecule is COc1cc2c(cc1OC)[C@H]1C[C@@H](O)[C@H](CC(C)C)CN1CC2.COc1cc2c(cc1OC)[C@H]1C[C@@H](OC(=O)CCCCCCC(=O)O[C@@H]3C[C@@H]4c5cc(OC)c(OC)cc5CCN4C[C@H]3CC(C)C)[C@H](CC(C)C)CN1CC2.O=C(Cl)CCCCCCC(=O)Cl.O=C(O)CCCCCCC(=O)O.O=S(Cl)Cl. The summed E-state index contributed by atoms with van der Waals surface area (Å²) < 4.78 is 55.1. The number of rotatable bonds is 35. The van der Waals surface area contributed by atoms with E-state index in [1.54, 1.807) is 42.7 Å². The molecule has 3 aromatic carbocycles. The normalized spacial score (nSPS) is 21.4. The maximum Gasteiger partial charge on any atom is 0.306 e. The molecule has 0 aliphatic carbocycles. The fourth-order valence-corrected chi connectivity index (χ4v) is 16.4. The lowest BCUT2D eigenvalue weighted by atomic mass is 9.79. The number of aliphatic hydroxyl groups is 1. The summed E-state index contributed by atoms with van der Waals surface area (Å²) in [7, 11) is 17.4. The Bertz CT molecular complexity index is 3090. The van der Waals surface area contributed by atoms with E-state index in [1.807, 2.05) is 0 Å². The molecular formula is C81H123Cl4N3O18S. The third-order valence-electron chi connectivity index (χ3n) is 21.1. The molecule has 604 valence electrons. The van der Waals surface area contributed by atoms with Gasteiger partial charge in [-0.3, -0.25) is 43.5 Å². The molecule has 0 saturated carbocycles. The highest BCUT2D eigenvalue weighted by Crippen LogP contribution is 2.48. The Labute approximate surface area is 658 Å². The van der Waals surface area contributed by atoms with Crippen molar-refractivity contribution in [2.45, 2.75) is 251 Å². The first kappa shape index (κ1) is 92.4. The van der Waals surface area contributed by atoms with Crippen molar-refractivity contribution in [3.63, 3.8) is 0 Å². The van der Waals surface area contributed by atoms with Gasteiger partial charge in [0.15, 0.2) is 34.5 Å². The van der Waals surface area contributed by atoms with E-state index < -0.39 is 21.2 Å². The van der Waals surface area contributed by atoms with Crippen LogP contribution in [0.2, 0.25) is 0 Å². The van der Waals surface area contributed by atoms with Gasteiger partial charge in [-0.2, -0.15) is 0 Å². The third-order valence-corrected chi connectivity index (χ3v) is 21.5. The van der Waals surface area contributed by atoms with Crippen molar-refractivity contribution < 1.29 is 86.2 Å². The second-order valence-electron chi connectivity index (χ2n) is 30.4. The Morgan fingerprint density at radius 1 is 0.421 bits per heavy atom. The second kappa shape index (κ2) is 48.6. The van der Waals surface area contributed by atoms with E-state index >= 15 is 0 Å². The van der Waals surface area contributed by atoms with Gasteiger partial charge in [-0.05, 0) is 200 Å². The highest BCUT2D eigenvalue weighted by molar-refractivity contribution is 8.26. The van der Waals surface area contributed by atoms with Crippen LogP contribution in [0, 0.1) is 35.5 Å². The molecule has 6 heterocycles. The van der Waals surface area contributed by atoms with Crippen molar-refractivity contribution in [3.05, 3.63) is 69.8 Å². The summed E-state index contributed by atoms with van der Waals surface area (Å²) >= 11 is 10.3. The monoisotopic (exact) mass is 1600 g/mol. The van der Waals surface area contributed by atoms with Gasteiger partial charge in [-0.15, -0.1) is 0 Å². The quantitative estimate of drug-likeness (QED) is 0.0281. The molecule has 6 aliphatic heterocycles. The molecule has 107 heavy (non-hydrogen) atoms. The van der Waals surface area contributed by atoms with Gasteiger partial charge in [0.25, 0.3) is 0 Å². The van der Waals surface area contributed by atoms with Gasteiger partial charge < -0.3 is 53.2 Å². The highest BCUT2D eigenvalue weighted by Gasteiger charge is 2.44. The van der Waals surface area contributed by atoms with Crippen molar-refractivity contribution in [3.8, 4) is 34.5 Å². The predicted octanol–water partition coefficient (Wildman–Crippen LogP) is 16.9. The van der Waals surface area contributed by atoms with E-state index in [-0.39, 0.29) is 65.7 Å². The van der Waals surface area contributed by atoms with E-state index in [0.29, 0.717) is 80.1 Å². The number of unbranched alkanes of at least 4 members (excludes halogenated alkanes) is 9. The third kappa shape index (κ3) is 31.5. The maximum absolute atomic E-state index is 13.3. The van der Waals surface area contributed by atoms with Gasteiger partial charge in [0.2, 0.25) is 19.7 Å². The number of hydrogen-bond acceptors (Lipinski definition) is 19. The van der Waals surface area contributed by atoms with E-state index in [0.717, 1.165) is 196 Å². The topological polar surface area (TPSA) is 264 Å². The average Bonchev–Trinajstić information content (AvgIpc) is 0.778. The van der Waals surface area contributed by atoms with E-state index in [9.17, 15) is 33.9 Å². The molecular weight excluding hydrogens is 1480 g/mol. The van der Waals surface area contributed by atoms with E-state index in [2.05, 4.69) is 114 Å². The highest BCUT2D eigenvalue weighted by atomic mass is 36.0. The average molecular weight is 1600 g/mol. The summed E-state index contributed by atoms with van der Waals surface area (Å²) in [5, 5.41) is 26.6. The van der Waals surface area contributed by atoms with Gasteiger partial charge in [-0.25, -0.2) is 4.21 Å². The Kier molecular flexibility index (Phi) is 42.0. The number of carbonyl (C=O) groups excluding carboxylic acids is 4. The molecule has 9 atom stereocenters. The Morgan fingerprint density at radius 3 is 0.963 bits per heavy atom. The largest absolute Gasteiger partial charge is 0.493 e. The second-order valence-corrected chi connectivity index (χ2v) is 33.8. The van der Waals surface area contributed by atoms with Crippen LogP contribution in [0.15, 0.2) is 36.4 Å². The minimum Gasteiger partial charge on any atom is -0.493 e. The van der Waals surface area contributed by atoms with Gasteiger partial charge in [0, 0.05) is 142 Å². The molecule has 0 unspecified atom stereocenters. The number of ether oxygens (including phenoxy) is 8. The molecule has 6 aliphatic rings. The number of methoxy groups -OCH3 is 6. The van der Waals surface area contributed by atoms with Crippen molar-refractivity contribution in [1.82, 2.24) is 14.7 Å².